The third-order valence-corrected chi connectivity index (χ3v) is 8.21. The Labute approximate surface area is 205 Å². The van der Waals surface area contributed by atoms with Gasteiger partial charge in [-0.05, 0) is 63.4 Å². The average Bonchev–Trinajstić information content (AvgIpc) is 3.31. The molecule has 0 spiro atoms. The average molecular weight is 489 g/mol. The highest BCUT2D eigenvalue weighted by Crippen LogP contribution is 2.32. The number of aromatic nitrogens is 3. The lowest BCUT2D eigenvalue weighted by molar-refractivity contribution is 0.102. The predicted molar refractivity (Wildman–Crippen MR) is 139 cm³/mol. The lowest BCUT2D eigenvalue weighted by Crippen LogP contribution is -2.15. The molecule has 7 nitrogen and oxygen atoms in total. The summed E-state index contributed by atoms with van der Waals surface area (Å²) in [7, 11) is -3.11. The van der Waals surface area contributed by atoms with E-state index in [1.807, 2.05) is 64.1 Å². The number of rotatable bonds is 4. The monoisotopic (exact) mass is 488 g/mol. The molecule has 35 heavy (non-hydrogen) atoms. The topological polar surface area (TPSA) is 94.0 Å². The number of sulfone groups is 1. The number of hydrogen-bond donors (Lipinski definition) is 1. The molecule has 4 aromatic rings. The van der Waals surface area contributed by atoms with Gasteiger partial charge in [0.05, 0.1) is 39.9 Å². The number of hydrogen-bond acceptors (Lipinski definition) is 5. The summed E-state index contributed by atoms with van der Waals surface area (Å²) in [5, 5.41) is 8.36. The first-order valence-corrected chi connectivity index (χ1v) is 13.5. The van der Waals surface area contributed by atoms with Crippen molar-refractivity contribution >= 4 is 32.5 Å². The minimum atomic E-state index is -3.11. The van der Waals surface area contributed by atoms with Gasteiger partial charge in [-0.2, -0.15) is 5.10 Å². The van der Waals surface area contributed by atoms with E-state index in [1.165, 1.54) is 0 Å². The van der Waals surface area contributed by atoms with E-state index in [1.54, 1.807) is 10.7 Å². The Balaban J connectivity index is 1.68. The molecule has 1 aliphatic heterocycles. The zero-order valence-electron chi connectivity index (χ0n) is 20.3. The molecule has 1 unspecified atom stereocenters. The van der Waals surface area contributed by atoms with Crippen molar-refractivity contribution < 1.29 is 13.2 Å². The van der Waals surface area contributed by atoms with Crippen molar-refractivity contribution in [2.45, 2.75) is 40.2 Å². The van der Waals surface area contributed by atoms with Crippen molar-refractivity contribution in [3.05, 3.63) is 76.5 Å². The van der Waals surface area contributed by atoms with Gasteiger partial charge in [-0.25, -0.2) is 18.1 Å². The molecule has 2 aromatic heterocycles. The summed E-state index contributed by atoms with van der Waals surface area (Å²) >= 11 is 0. The molecule has 2 aromatic carbocycles. The van der Waals surface area contributed by atoms with E-state index in [4.69, 9.17) is 4.98 Å². The summed E-state index contributed by atoms with van der Waals surface area (Å²) in [6.45, 7) is 7.84. The fourth-order valence-electron chi connectivity index (χ4n) is 4.83. The molecular weight excluding hydrogens is 460 g/mol. The van der Waals surface area contributed by atoms with Crippen molar-refractivity contribution in [2.75, 3.05) is 16.8 Å². The van der Waals surface area contributed by atoms with Gasteiger partial charge in [0.1, 0.15) is 0 Å². The van der Waals surface area contributed by atoms with Crippen LogP contribution in [0.4, 0.5) is 5.69 Å². The third kappa shape index (κ3) is 4.58. The summed E-state index contributed by atoms with van der Waals surface area (Å²) in [4.78, 5) is 18.5. The van der Waals surface area contributed by atoms with Crippen LogP contribution in [0.15, 0.2) is 48.5 Å². The molecule has 1 N–H and O–H groups in total. The number of benzene rings is 2. The van der Waals surface area contributed by atoms with Crippen LogP contribution in [0.25, 0.3) is 22.3 Å². The van der Waals surface area contributed by atoms with Crippen LogP contribution in [0.3, 0.4) is 0 Å². The molecule has 0 aliphatic carbocycles. The van der Waals surface area contributed by atoms with Crippen LogP contribution < -0.4 is 5.32 Å². The van der Waals surface area contributed by atoms with Gasteiger partial charge in [0.25, 0.3) is 5.91 Å². The van der Waals surface area contributed by atoms with Gasteiger partial charge in [0.2, 0.25) is 0 Å². The lowest BCUT2D eigenvalue weighted by Gasteiger charge is -2.13. The van der Waals surface area contributed by atoms with Crippen LogP contribution in [-0.2, 0) is 9.84 Å². The molecule has 1 atom stereocenters. The first-order valence-electron chi connectivity index (χ1n) is 11.7. The Bertz CT molecular complexity index is 1550. The third-order valence-electron chi connectivity index (χ3n) is 6.46. The molecule has 3 heterocycles. The lowest BCUT2D eigenvalue weighted by atomic mass is 10.0. The Morgan fingerprint density at radius 2 is 1.66 bits per heavy atom. The van der Waals surface area contributed by atoms with Gasteiger partial charge in [-0.15, -0.1) is 0 Å². The molecule has 1 saturated heterocycles. The van der Waals surface area contributed by atoms with E-state index < -0.39 is 9.84 Å². The van der Waals surface area contributed by atoms with Crippen molar-refractivity contribution in [2.24, 2.45) is 0 Å². The number of carbonyl (C=O) groups excluding carboxylic acids is 1. The summed E-state index contributed by atoms with van der Waals surface area (Å²) in [6.07, 6.45) is 0.485. The van der Waals surface area contributed by atoms with Crippen LogP contribution in [-0.4, -0.2) is 40.6 Å². The Kier molecular flexibility index (Phi) is 5.71. The number of fused-ring (bicyclic) bond motifs is 1. The molecule has 0 bridgehead atoms. The molecular formula is C27H28N4O3S. The molecule has 180 valence electrons. The van der Waals surface area contributed by atoms with Gasteiger partial charge < -0.3 is 5.32 Å². The highest BCUT2D eigenvalue weighted by molar-refractivity contribution is 7.91. The van der Waals surface area contributed by atoms with Crippen LogP contribution in [0.2, 0.25) is 0 Å². The fourth-order valence-corrected chi connectivity index (χ4v) is 6.52. The van der Waals surface area contributed by atoms with Crippen molar-refractivity contribution in [3.8, 4) is 11.3 Å². The number of amides is 1. The smallest absolute Gasteiger partial charge is 0.256 e. The first-order chi connectivity index (χ1) is 16.6. The Morgan fingerprint density at radius 1 is 0.971 bits per heavy atom. The van der Waals surface area contributed by atoms with E-state index in [2.05, 4.69) is 16.5 Å². The molecule has 8 heteroatoms. The largest absolute Gasteiger partial charge is 0.322 e. The normalized spacial score (nSPS) is 17.1. The van der Waals surface area contributed by atoms with Gasteiger partial charge in [-0.1, -0.05) is 35.9 Å². The number of carbonyl (C=O) groups is 1. The summed E-state index contributed by atoms with van der Waals surface area (Å²) < 4.78 is 26.1. The standard InChI is InChI=1S/C27H28N4O3S/c1-16-5-7-20(8-6-16)24-14-23(27(32)28-21-12-17(2)11-18(3)13-21)25-19(4)30-31(26(25)29-24)22-9-10-35(33,34)15-22/h5-8,11-14,22H,9-10,15H2,1-4H3,(H,28,32). The van der Waals surface area contributed by atoms with Crippen LogP contribution >= 0.6 is 0 Å². The van der Waals surface area contributed by atoms with Crippen molar-refractivity contribution in [1.82, 2.24) is 14.8 Å². The second kappa shape index (κ2) is 8.61. The van der Waals surface area contributed by atoms with Crippen molar-refractivity contribution in [1.29, 1.82) is 0 Å². The predicted octanol–water partition coefficient (Wildman–Crippen LogP) is 4.94. The minimum Gasteiger partial charge on any atom is -0.322 e. The summed E-state index contributed by atoms with van der Waals surface area (Å²) in [5.74, 6) is -0.0862. The number of pyridine rings is 1. The van der Waals surface area contributed by atoms with E-state index in [0.29, 0.717) is 34.4 Å². The first kappa shape index (κ1) is 23.2. The Morgan fingerprint density at radius 3 is 2.29 bits per heavy atom. The second-order valence-corrected chi connectivity index (χ2v) is 11.8. The summed E-state index contributed by atoms with van der Waals surface area (Å²) in [6, 6.07) is 15.4. The highest BCUT2D eigenvalue weighted by atomic mass is 32.2. The van der Waals surface area contributed by atoms with E-state index >= 15 is 0 Å². The maximum absolute atomic E-state index is 13.6. The Hall–Kier alpha value is -3.52. The van der Waals surface area contributed by atoms with Crippen LogP contribution in [0.1, 0.15) is 45.2 Å². The minimum absolute atomic E-state index is 0.0315. The number of anilines is 1. The molecule has 1 aliphatic rings. The zero-order chi connectivity index (χ0) is 24.9. The molecule has 5 rings (SSSR count). The molecule has 0 saturated carbocycles. The quantitative estimate of drug-likeness (QED) is 0.439. The van der Waals surface area contributed by atoms with Gasteiger partial charge in [0, 0.05) is 11.3 Å². The van der Waals surface area contributed by atoms with Crippen LogP contribution in [0, 0.1) is 27.7 Å². The van der Waals surface area contributed by atoms with Gasteiger partial charge in [0.15, 0.2) is 15.5 Å². The number of aryl methyl sites for hydroxylation is 4. The van der Waals surface area contributed by atoms with Gasteiger partial charge >= 0.3 is 0 Å². The van der Waals surface area contributed by atoms with Crippen LogP contribution in [0.5, 0.6) is 0 Å². The molecule has 0 radical (unpaired) electrons. The summed E-state index contributed by atoms with van der Waals surface area (Å²) in [5.41, 5.74) is 7.15. The SMILES string of the molecule is Cc1ccc(-c2cc(C(=O)Nc3cc(C)cc(C)c3)c3c(C)nn(C4CCS(=O)(=O)C4)c3n2)cc1. The molecule has 1 fully saturated rings. The van der Waals surface area contributed by atoms with E-state index in [0.717, 1.165) is 27.9 Å². The maximum atomic E-state index is 13.6. The van der Waals surface area contributed by atoms with E-state index in [-0.39, 0.29) is 23.5 Å². The van der Waals surface area contributed by atoms with E-state index in [9.17, 15) is 13.2 Å². The second-order valence-electron chi connectivity index (χ2n) is 9.54. The fraction of sp³-hybridized carbons (Fsp3) is 0.296. The number of nitrogens with one attached hydrogen (secondary N) is 1. The van der Waals surface area contributed by atoms with Gasteiger partial charge in [-0.3, -0.25) is 4.79 Å². The molecule has 1 amide bonds. The zero-order valence-corrected chi connectivity index (χ0v) is 21.1. The maximum Gasteiger partial charge on any atom is 0.256 e. The van der Waals surface area contributed by atoms with Crippen molar-refractivity contribution in [3.63, 3.8) is 0 Å². The number of nitrogens with zero attached hydrogens (tertiary/aromatic N) is 3. The highest BCUT2D eigenvalue weighted by Gasteiger charge is 2.32.